The molecule has 0 heterocycles. The molecule has 0 bridgehead atoms. The molecule has 0 saturated heterocycles. The number of benzene rings is 1. The van der Waals surface area contributed by atoms with Crippen LogP contribution < -0.4 is 5.32 Å². The Balaban J connectivity index is 2.54. The lowest BCUT2D eigenvalue weighted by atomic mass is 10.1. The van der Waals surface area contributed by atoms with E-state index in [1.54, 1.807) is 6.07 Å². The van der Waals surface area contributed by atoms with E-state index in [1.807, 2.05) is 18.7 Å². The smallest absolute Gasteiger partial charge is 0.131 e. The van der Waals surface area contributed by atoms with Gasteiger partial charge in [0, 0.05) is 17.7 Å². The van der Waals surface area contributed by atoms with E-state index in [-0.39, 0.29) is 17.6 Å². The first-order valence-corrected chi connectivity index (χ1v) is 7.14. The van der Waals surface area contributed by atoms with E-state index < -0.39 is 0 Å². The Morgan fingerprint density at radius 3 is 2.71 bits per heavy atom. The van der Waals surface area contributed by atoms with Gasteiger partial charge in [0.15, 0.2) is 0 Å². The molecular weight excluding hydrogens is 237 g/mol. The van der Waals surface area contributed by atoms with Crippen molar-refractivity contribution in [3.05, 3.63) is 29.6 Å². The average molecular weight is 257 g/mol. The molecule has 2 N–H and O–H groups in total. The maximum absolute atomic E-state index is 13.6. The van der Waals surface area contributed by atoms with Crippen LogP contribution in [0.15, 0.2) is 18.2 Å². The number of thioether (sulfide) groups is 1. The van der Waals surface area contributed by atoms with Crippen LogP contribution in [0.3, 0.4) is 0 Å². The zero-order valence-corrected chi connectivity index (χ0v) is 11.4. The van der Waals surface area contributed by atoms with E-state index in [2.05, 4.69) is 18.5 Å². The van der Waals surface area contributed by atoms with Crippen LogP contribution in [0.5, 0.6) is 5.75 Å². The number of rotatable bonds is 6. The molecule has 0 aliphatic rings. The Bertz CT molecular complexity index is 359. The van der Waals surface area contributed by atoms with Crippen molar-refractivity contribution in [3.63, 3.8) is 0 Å². The fraction of sp³-hybridized carbons (Fsp3) is 0.538. The van der Waals surface area contributed by atoms with Crippen LogP contribution in [-0.2, 0) is 0 Å². The minimum absolute atomic E-state index is 0.0331. The van der Waals surface area contributed by atoms with E-state index in [4.69, 9.17) is 5.11 Å². The molecule has 2 nitrogen and oxygen atoms in total. The maximum Gasteiger partial charge on any atom is 0.131 e. The average Bonchev–Trinajstić information content (AvgIpc) is 2.26. The molecule has 0 saturated carbocycles. The van der Waals surface area contributed by atoms with E-state index in [9.17, 15) is 4.39 Å². The predicted octanol–water partition coefficient (Wildman–Crippen LogP) is 3.18. The first-order chi connectivity index (χ1) is 8.04. The van der Waals surface area contributed by atoms with Gasteiger partial charge in [-0.3, -0.25) is 0 Å². The van der Waals surface area contributed by atoms with Crippen molar-refractivity contribution in [2.75, 3.05) is 18.6 Å². The van der Waals surface area contributed by atoms with Crippen molar-refractivity contribution >= 4 is 11.8 Å². The Labute approximate surface area is 107 Å². The highest BCUT2D eigenvalue weighted by atomic mass is 32.2. The van der Waals surface area contributed by atoms with Crippen LogP contribution in [0.25, 0.3) is 0 Å². The highest BCUT2D eigenvalue weighted by Gasteiger charge is 2.12. The van der Waals surface area contributed by atoms with Crippen LogP contribution in [0.1, 0.15) is 25.5 Å². The van der Waals surface area contributed by atoms with Gasteiger partial charge in [-0.2, -0.15) is 11.8 Å². The number of hydrogen-bond donors (Lipinski definition) is 2. The number of halogens is 1. The molecule has 1 aromatic rings. The van der Waals surface area contributed by atoms with Crippen LogP contribution in [0, 0.1) is 11.7 Å². The summed E-state index contributed by atoms with van der Waals surface area (Å²) >= 11 is 1.82. The second-order valence-corrected chi connectivity index (χ2v) is 5.31. The van der Waals surface area contributed by atoms with Gasteiger partial charge in [0.05, 0.1) is 0 Å². The van der Waals surface area contributed by atoms with Gasteiger partial charge in [-0.05, 0) is 37.5 Å². The summed E-state index contributed by atoms with van der Waals surface area (Å²) in [5.41, 5.74) is 0.596. The fourth-order valence-electron chi connectivity index (χ4n) is 1.70. The fourth-order valence-corrected chi connectivity index (χ4v) is 2.39. The second-order valence-electron chi connectivity index (χ2n) is 4.40. The second kappa shape index (κ2) is 6.87. The van der Waals surface area contributed by atoms with Crippen LogP contribution in [-0.4, -0.2) is 23.7 Å². The molecular formula is C13H20FNOS. The van der Waals surface area contributed by atoms with Crippen molar-refractivity contribution in [1.82, 2.24) is 5.32 Å². The minimum Gasteiger partial charge on any atom is -0.508 e. The first-order valence-electron chi connectivity index (χ1n) is 5.75. The number of aromatic hydroxyl groups is 1. The van der Waals surface area contributed by atoms with Crippen molar-refractivity contribution < 1.29 is 9.50 Å². The molecule has 0 spiro atoms. The third-order valence-corrected chi connectivity index (χ3v) is 3.58. The number of phenolic OH excluding ortho intramolecular Hbond substituents is 1. The van der Waals surface area contributed by atoms with Gasteiger partial charge in [-0.25, -0.2) is 4.39 Å². The molecule has 0 aromatic heterocycles. The largest absolute Gasteiger partial charge is 0.508 e. The van der Waals surface area contributed by atoms with Gasteiger partial charge in [0.1, 0.15) is 11.6 Å². The number of phenols is 1. The van der Waals surface area contributed by atoms with Gasteiger partial charge >= 0.3 is 0 Å². The Kier molecular flexibility index (Phi) is 5.78. The van der Waals surface area contributed by atoms with Crippen molar-refractivity contribution in [2.24, 2.45) is 5.92 Å². The van der Waals surface area contributed by atoms with Crippen molar-refractivity contribution in [3.8, 4) is 5.75 Å². The molecule has 0 aliphatic heterocycles. The maximum atomic E-state index is 13.6. The Hall–Kier alpha value is -0.740. The molecule has 2 unspecified atom stereocenters. The molecule has 0 fully saturated rings. The van der Waals surface area contributed by atoms with E-state index in [0.717, 1.165) is 18.4 Å². The van der Waals surface area contributed by atoms with Crippen molar-refractivity contribution in [2.45, 2.75) is 19.9 Å². The minimum atomic E-state index is -0.359. The molecule has 4 heteroatoms. The molecule has 0 amide bonds. The molecule has 2 atom stereocenters. The lowest BCUT2D eigenvalue weighted by molar-refractivity contribution is 0.458. The molecule has 1 aromatic carbocycles. The lowest BCUT2D eigenvalue weighted by Gasteiger charge is -2.18. The lowest BCUT2D eigenvalue weighted by Crippen LogP contribution is -2.26. The highest BCUT2D eigenvalue weighted by molar-refractivity contribution is 7.98. The third-order valence-electron chi connectivity index (χ3n) is 2.67. The zero-order valence-electron chi connectivity index (χ0n) is 10.5. The molecule has 96 valence electrons. The summed E-state index contributed by atoms with van der Waals surface area (Å²) in [5.74, 6) is 1.27. The summed E-state index contributed by atoms with van der Waals surface area (Å²) in [4.78, 5) is 0. The van der Waals surface area contributed by atoms with E-state index in [0.29, 0.717) is 11.5 Å². The summed E-state index contributed by atoms with van der Waals surface area (Å²) in [6, 6.07) is 4.25. The zero-order chi connectivity index (χ0) is 12.8. The summed E-state index contributed by atoms with van der Waals surface area (Å²) in [7, 11) is 0. The van der Waals surface area contributed by atoms with E-state index in [1.165, 1.54) is 6.07 Å². The summed E-state index contributed by atoms with van der Waals surface area (Å²) in [5, 5.41) is 12.5. The monoisotopic (exact) mass is 257 g/mol. The Morgan fingerprint density at radius 2 is 2.12 bits per heavy atom. The third kappa shape index (κ3) is 4.56. The van der Waals surface area contributed by atoms with Crippen LogP contribution in [0.2, 0.25) is 0 Å². The number of nitrogens with one attached hydrogen (secondary N) is 1. The summed E-state index contributed by atoms with van der Waals surface area (Å²) in [6.07, 6.45) is 2.08. The highest BCUT2D eigenvalue weighted by Crippen LogP contribution is 2.21. The van der Waals surface area contributed by atoms with Gasteiger partial charge < -0.3 is 10.4 Å². The SMILES string of the molecule is CSCC(C)CNC(C)c1ccc(O)cc1F. The number of hydrogen-bond acceptors (Lipinski definition) is 3. The molecule has 1 rings (SSSR count). The standard InChI is InChI=1S/C13H20FNOS/c1-9(8-17-3)7-15-10(2)12-5-4-11(16)6-13(12)14/h4-6,9-10,15-16H,7-8H2,1-3H3. The van der Waals surface area contributed by atoms with Crippen LogP contribution in [0.4, 0.5) is 4.39 Å². The van der Waals surface area contributed by atoms with Gasteiger partial charge in [-0.15, -0.1) is 0 Å². The molecule has 17 heavy (non-hydrogen) atoms. The normalized spacial score (nSPS) is 14.6. The first kappa shape index (κ1) is 14.3. The van der Waals surface area contributed by atoms with E-state index >= 15 is 0 Å². The van der Waals surface area contributed by atoms with Crippen LogP contribution >= 0.6 is 11.8 Å². The Morgan fingerprint density at radius 1 is 1.41 bits per heavy atom. The quantitative estimate of drug-likeness (QED) is 0.821. The van der Waals surface area contributed by atoms with Gasteiger partial charge in [0.2, 0.25) is 0 Å². The van der Waals surface area contributed by atoms with Gasteiger partial charge in [-0.1, -0.05) is 13.0 Å². The summed E-state index contributed by atoms with van der Waals surface area (Å²) < 4.78 is 13.6. The summed E-state index contributed by atoms with van der Waals surface area (Å²) in [6.45, 7) is 4.97. The van der Waals surface area contributed by atoms with Crippen molar-refractivity contribution in [1.29, 1.82) is 0 Å². The molecule has 0 aliphatic carbocycles. The predicted molar refractivity (Wildman–Crippen MR) is 72.0 cm³/mol. The molecule has 0 radical (unpaired) electrons. The van der Waals surface area contributed by atoms with Gasteiger partial charge in [0.25, 0.3) is 0 Å². The topological polar surface area (TPSA) is 32.3 Å².